The van der Waals surface area contributed by atoms with Gasteiger partial charge in [-0.25, -0.2) is 4.98 Å². The van der Waals surface area contributed by atoms with Crippen LogP contribution in [0.15, 0.2) is 0 Å². The van der Waals surface area contributed by atoms with Crippen LogP contribution in [0.4, 0.5) is 5.13 Å². The van der Waals surface area contributed by atoms with Gasteiger partial charge in [0.2, 0.25) is 0 Å². The van der Waals surface area contributed by atoms with E-state index in [0.717, 1.165) is 47.9 Å². The number of aldehydes is 1. The first-order chi connectivity index (χ1) is 8.08. The van der Waals surface area contributed by atoms with Crippen LogP contribution < -0.4 is 4.90 Å². The van der Waals surface area contributed by atoms with E-state index >= 15 is 0 Å². The second-order valence-electron chi connectivity index (χ2n) is 4.40. The number of hydrogen-bond acceptors (Lipinski definition) is 5. The summed E-state index contributed by atoms with van der Waals surface area (Å²) in [6.07, 6.45) is 2.82. The molecule has 1 heterocycles. The third-order valence-corrected chi connectivity index (χ3v) is 3.66. The lowest BCUT2D eigenvalue weighted by atomic mass is 10.2. The van der Waals surface area contributed by atoms with Crippen LogP contribution in [0.25, 0.3) is 0 Å². The third kappa shape index (κ3) is 4.09. The summed E-state index contributed by atoms with van der Waals surface area (Å²) in [6.45, 7) is 4.00. The summed E-state index contributed by atoms with van der Waals surface area (Å²) in [7, 11) is 6.12. The standard InChI is InChI=1S/C12H21N3OS/c1-5-6-10-11(9-16)17-12(13-10)15(4)8-7-14(2)3/h9H,5-8H2,1-4H3. The Morgan fingerprint density at radius 3 is 2.53 bits per heavy atom. The van der Waals surface area contributed by atoms with Crippen molar-refractivity contribution in [3.05, 3.63) is 10.6 Å². The number of thiazole rings is 1. The van der Waals surface area contributed by atoms with E-state index in [-0.39, 0.29) is 0 Å². The molecule has 0 aromatic carbocycles. The smallest absolute Gasteiger partial charge is 0.185 e. The van der Waals surface area contributed by atoms with Crippen molar-refractivity contribution in [2.24, 2.45) is 0 Å². The molecule has 4 nitrogen and oxygen atoms in total. The fraction of sp³-hybridized carbons (Fsp3) is 0.667. The van der Waals surface area contributed by atoms with Gasteiger partial charge in [0.25, 0.3) is 0 Å². The molecule has 96 valence electrons. The molecule has 0 aliphatic rings. The summed E-state index contributed by atoms with van der Waals surface area (Å²) in [5.41, 5.74) is 0.944. The molecule has 0 fully saturated rings. The van der Waals surface area contributed by atoms with Gasteiger partial charge in [-0.15, -0.1) is 0 Å². The number of aromatic nitrogens is 1. The van der Waals surface area contributed by atoms with Crippen LogP contribution in [0.3, 0.4) is 0 Å². The molecule has 1 rings (SSSR count). The van der Waals surface area contributed by atoms with Crippen LogP contribution in [-0.4, -0.2) is 50.4 Å². The van der Waals surface area contributed by atoms with Gasteiger partial charge < -0.3 is 9.80 Å². The quantitative estimate of drug-likeness (QED) is 0.697. The minimum Gasteiger partial charge on any atom is -0.350 e. The van der Waals surface area contributed by atoms with Gasteiger partial charge in [-0.2, -0.15) is 0 Å². The molecule has 0 bridgehead atoms. The number of anilines is 1. The number of rotatable bonds is 7. The van der Waals surface area contributed by atoms with Crippen LogP contribution in [0.2, 0.25) is 0 Å². The summed E-state index contributed by atoms with van der Waals surface area (Å²) in [5, 5.41) is 0.942. The van der Waals surface area contributed by atoms with Crippen LogP contribution in [0.5, 0.6) is 0 Å². The SMILES string of the molecule is CCCc1nc(N(C)CCN(C)C)sc1C=O. The van der Waals surface area contributed by atoms with E-state index in [1.165, 1.54) is 11.3 Å². The molecule has 0 saturated heterocycles. The largest absolute Gasteiger partial charge is 0.350 e. The monoisotopic (exact) mass is 255 g/mol. The van der Waals surface area contributed by atoms with Crippen molar-refractivity contribution in [3.8, 4) is 0 Å². The Morgan fingerprint density at radius 1 is 1.29 bits per heavy atom. The molecule has 0 spiro atoms. The zero-order valence-corrected chi connectivity index (χ0v) is 11.9. The molecule has 0 aliphatic carbocycles. The minimum absolute atomic E-state index is 0.776. The van der Waals surface area contributed by atoms with Gasteiger partial charge in [0.05, 0.1) is 10.6 Å². The Kier molecular flexibility index (Phi) is 5.58. The average Bonchev–Trinajstić information content (AvgIpc) is 2.69. The Morgan fingerprint density at radius 2 is 2.00 bits per heavy atom. The fourth-order valence-corrected chi connectivity index (χ4v) is 2.38. The highest BCUT2D eigenvalue weighted by Crippen LogP contribution is 2.25. The third-order valence-electron chi connectivity index (χ3n) is 2.52. The molecule has 17 heavy (non-hydrogen) atoms. The predicted octanol–water partition coefficient (Wildman–Crippen LogP) is 1.91. The molecule has 0 atom stereocenters. The maximum atomic E-state index is 10.9. The van der Waals surface area contributed by atoms with Crippen molar-refractivity contribution in [1.29, 1.82) is 0 Å². The lowest BCUT2D eigenvalue weighted by Crippen LogP contribution is -2.28. The number of nitrogens with zero attached hydrogens (tertiary/aromatic N) is 3. The van der Waals surface area contributed by atoms with Gasteiger partial charge in [0.1, 0.15) is 0 Å². The average molecular weight is 255 g/mol. The predicted molar refractivity (Wildman–Crippen MR) is 73.3 cm³/mol. The van der Waals surface area contributed by atoms with Crippen LogP contribution in [0, 0.1) is 0 Å². The van der Waals surface area contributed by atoms with E-state index in [2.05, 4.69) is 35.8 Å². The molecule has 0 unspecified atom stereocenters. The zero-order chi connectivity index (χ0) is 12.8. The summed E-state index contributed by atoms with van der Waals surface area (Å²) in [5.74, 6) is 0. The van der Waals surface area contributed by atoms with Crippen LogP contribution >= 0.6 is 11.3 Å². The number of carbonyl (C=O) groups is 1. The Bertz CT molecular complexity index is 363. The van der Waals surface area contributed by atoms with Gasteiger partial charge in [-0.1, -0.05) is 24.7 Å². The zero-order valence-electron chi connectivity index (χ0n) is 11.1. The maximum Gasteiger partial charge on any atom is 0.185 e. The summed E-state index contributed by atoms with van der Waals surface area (Å²) in [4.78, 5) is 20.5. The van der Waals surface area contributed by atoms with Crippen molar-refractivity contribution in [3.63, 3.8) is 0 Å². The molecule has 0 N–H and O–H groups in total. The summed E-state index contributed by atoms with van der Waals surface area (Å²) < 4.78 is 0. The molecule has 5 heteroatoms. The lowest BCUT2D eigenvalue weighted by Gasteiger charge is -2.18. The molecular formula is C12H21N3OS. The molecule has 0 radical (unpaired) electrons. The van der Waals surface area contributed by atoms with Gasteiger partial charge >= 0.3 is 0 Å². The minimum atomic E-state index is 0.776. The molecule has 0 amide bonds. The normalized spacial score (nSPS) is 10.9. The highest BCUT2D eigenvalue weighted by molar-refractivity contribution is 7.17. The van der Waals surface area contributed by atoms with Crippen LogP contribution in [-0.2, 0) is 6.42 Å². The summed E-state index contributed by atoms with van der Waals surface area (Å²) in [6, 6.07) is 0. The second-order valence-corrected chi connectivity index (χ2v) is 5.41. The van der Waals surface area contributed by atoms with Crippen LogP contribution in [0.1, 0.15) is 28.7 Å². The highest BCUT2D eigenvalue weighted by atomic mass is 32.1. The van der Waals surface area contributed by atoms with Crippen molar-refractivity contribution >= 4 is 22.8 Å². The Labute approximate surface area is 107 Å². The van der Waals surface area contributed by atoms with E-state index in [1.807, 2.05) is 7.05 Å². The van der Waals surface area contributed by atoms with E-state index in [0.29, 0.717) is 0 Å². The van der Waals surface area contributed by atoms with Gasteiger partial charge in [-0.3, -0.25) is 4.79 Å². The second kappa shape index (κ2) is 6.71. The molecule has 0 saturated carbocycles. The summed E-state index contributed by atoms with van der Waals surface area (Å²) >= 11 is 1.49. The topological polar surface area (TPSA) is 36.4 Å². The van der Waals surface area contributed by atoms with E-state index in [1.54, 1.807) is 0 Å². The van der Waals surface area contributed by atoms with E-state index in [4.69, 9.17) is 0 Å². The number of likely N-dealkylation sites (N-methyl/N-ethyl adjacent to an activating group) is 2. The number of carbonyl (C=O) groups excluding carboxylic acids is 1. The molecule has 0 aliphatic heterocycles. The van der Waals surface area contributed by atoms with Crippen molar-refractivity contribution in [2.45, 2.75) is 19.8 Å². The number of hydrogen-bond donors (Lipinski definition) is 0. The lowest BCUT2D eigenvalue weighted by molar-refractivity contribution is 0.112. The van der Waals surface area contributed by atoms with Gasteiger partial charge in [-0.05, 0) is 20.5 Å². The molecular weight excluding hydrogens is 234 g/mol. The first-order valence-electron chi connectivity index (χ1n) is 5.89. The first-order valence-corrected chi connectivity index (χ1v) is 6.70. The molecule has 1 aromatic heterocycles. The molecule has 1 aromatic rings. The van der Waals surface area contributed by atoms with Crippen molar-refractivity contribution in [1.82, 2.24) is 9.88 Å². The highest BCUT2D eigenvalue weighted by Gasteiger charge is 2.12. The Hall–Kier alpha value is -0.940. The van der Waals surface area contributed by atoms with Crippen molar-refractivity contribution < 1.29 is 4.79 Å². The van der Waals surface area contributed by atoms with Crippen molar-refractivity contribution in [2.75, 3.05) is 39.1 Å². The Balaban J connectivity index is 2.73. The van der Waals surface area contributed by atoms with E-state index < -0.39 is 0 Å². The fourth-order valence-electron chi connectivity index (χ4n) is 1.47. The van der Waals surface area contributed by atoms with Gasteiger partial charge in [0, 0.05) is 20.1 Å². The van der Waals surface area contributed by atoms with Gasteiger partial charge in [0.15, 0.2) is 11.4 Å². The maximum absolute atomic E-state index is 10.9. The van der Waals surface area contributed by atoms with E-state index in [9.17, 15) is 4.79 Å². The number of aryl methyl sites for hydroxylation is 1. The first kappa shape index (κ1) is 14.1.